The van der Waals surface area contributed by atoms with Gasteiger partial charge in [0.1, 0.15) is 6.61 Å². The Labute approximate surface area is 280 Å². The van der Waals surface area contributed by atoms with Crippen LogP contribution >= 0.6 is 7.82 Å². The third kappa shape index (κ3) is 34.9. The number of carbonyl (C=O) groups is 2. The van der Waals surface area contributed by atoms with Crippen molar-refractivity contribution in [2.45, 2.75) is 161 Å². The van der Waals surface area contributed by atoms with Crippen molar-refractivity contribution in [3.63, 3.8) is 0 Å². The first-order valence-corrected chi connectivity index (χ1v) is 19.5. The zero-order valence-corrected chi connectivity index (χ0v) is 29.9. The fraction of sp³-hybridized carbons (Fsp3) is 0.730. The smallest absolute Gasteiger partial charge is 0.462 e. The van der Waals surface area contributed by atoms with Crippen LogP contribution in [0.1, 0.15) is 155 Å². The quantitative estimate of drug-likeness (QED) is 0.0315. The van der Waals surface area contributed by atoms with E-state index in [0.29, 0.717) is 12.8 Å². The van der Waals surface area contributed by atoms with Crippen molar-refractivity contribution < 1.29 is 37.9 Å². The molecule has 0 spiro atoms. The summed E-state index contributed by atoms with van der Waals surface area (Å²) in [5, 5.41) is 0. The van der Waals surface area contributed by atoms with E-state index < -0.39 is 32.5 Å². The van der Waals surface area contributed by atoms with Crippen LogP contribution in [0.25, 0.3) is 0 Å². The second-order valence-corrected chi connectivity index (χ2v) is 13.0. The van der Waals surface area contributed by atoms with Crippen molar-refractivity contribution in [2.24, 2.45) is 0 Å². The Hall–Kier alpha value is -1.99. The average molecular weight is 669 g/mol. The normalized spacial score (nSPS) is 13.0. The first-order valence-electron chi connectivity index (χ1n) is 17.9. The summed E-state index contributed by atoms with van der Waals surface area (Å²) in [6, 6.07) is 0. The summed E-state index contributed by atoms with van der Waals surface area (Å²) < 4.78 is 26.2. The molecule has 0 bridgehead atoms. The lowest BCUT2D eigenvalue weighted by molar-refractivity contribution is -0.161. The number of esters is 2. The Bertz CT molecular complexity index is 890. The first-order chi connectivity index (χ1) is 22.3. The van der Waals surface area contributed by atoms with Crippen LogP contribution in [0.3, 0.4) is 0 Å². The Morgan fingerprint density at radius 2 is 1.04 bits per heavy atom. The standard InChI is InChI=1S/C37H65O8P/c1-3-5-7-9-11-13-15-17-18-20-22-24-26-28-30-32-37(39)45-35(34-44-46(40,41)42)33-43-36(38)31-29-27-25-23-21-19-16-14-12-10-8-6-4-2/h5,7,11,13-14,16-18,35H,3-4,6,8-10,12,15,19-34H2,1-2H3,(H2,40,41,42)/b7-5-,13-11-,16-14-,18-17-/t35-/m1/s1. The van der Waals surface area contributed by atoms with Gasteiger partial charge in [-0.1, -0.05) is 120 Å². The topological polar surface area (TPSA) is 119 Å². The second kappa shape index (κ2) is 32.9. The molecule has 0 saturated heterocycles. The van der Waals surface area contributed by atoms with Crippen molar-refractivity contribution in [2.75, 3.05) is 13.2 Å². The van der Waals surface area contributed by atoms with Gasteiger partial charge in [0.15, 0.2) is 6.10 Å². The average Bonchev–Trinajstić information content (AvgIpc) is 3.02. The van der Waals surface area contributed by atoms with Crippen molar-refractivity contribution in [3.8, 4) is 0 Å². The summed E-state index contributed by atoms with van der Waals surface area (Å²) in [5.41, 5.74) is 0. The lowest BCUT2D eigenvalue weighted by Gasteiger charge is -2.18. The molecule has 9 heteroatoms. The molecule has 0 aliphatic rings. The molecule has 0 aromatic rings. The molecule has 0 aliphatic heterocycles. The SMILES string of the molecule is CC/C=C\C/C=C\C/C=C\CCCCCCCC(=O)O[C@H](COC(=O)CCCCCCC/C=C\CCCCCC)COP(=O)(O)O. The highest BCUT2D eigenvalue weighted by Gasteiger charge is 2.22. The number of phosphoric ester groups is 1. The van der Waals surface area contributed by atoms with Crippen LogP contribution in [0.15, 0.2) is 48.6 Å². The van der Waals surface area contributed by atoms with Crippen LogP contribution in [0.4, 0.5) is 0 Å². The number of hydrogen-bond donors (Lipinski definition) is 2. The molecule has 0 rings (SSSR count). The number of carbonyl (C=O) groups excluding carboxylic acids is 2. The third-order valence-electron chi connectivity index (χ3n) is 7.33. The summed E-state index contributed by atoms with van der Waals surface area (Å²) >= 11 is 0. The van der Waals surface area contributed by atoms with Gasteiger partial charge in [-0.05, 0) is 70.6 Å². The van der Waals surface area contributed by atoms with E-state index in [1.165, 1.54) is 32.1 Å². The molecule has 1 atom stereocenters. The molecule has 0 aromatic carbocycles. The van der Waals surface area contributed by atoms with Crippen molar-refractivity contribution >= 4 is 19.8 Å². The maximum atomic E-state index is 12.3. The zero-order valence-electron chi connectivity index (χ0n) is 29.0. The fourth-order valence-corrected chi connectivity index (χ4v) is 5.03. The van der Waals surface area contributed by atoms with Gasteiger partial charge in [0.2, 0.25) is 0 Å². The number of hydrogen-bond acceptors (Lipinski definition) is 6. The van der Waals surface area contributed by atoms with Crippen molar-refractivity contribution in [1.82, 2.24) is 0 Å². The van der Waals surface area contributed by atoms with Gasteiger partial charge < -0.3 is 19.3 Å². The molecule has 0 unspecified atom stereocenters. The van der Waals surface area contributed by atoms with Crippen molar-refractivity contribution in [1.29, 1.82) is 0 Å². The van der Waals surface area contributed by atoms with Crippen LogP contribution in [0.2, 0.25) is 0 Å². The molecule has 0 aromatic heterocycles. The minimum atomic E-state index is -4.75. The van der Waals surface area contributed by atoms with Crippen molar-refractivity contribution in [3.05, 3.63) is 48.6 Å². The molecule has 2 N–H and O–H groups in total. The highest BCUT2D eigenvalue weighted by molar-refractivity contribution is 7.46. The second-order valence-electron chi connectivity index (χ2n) is 11.8. The van der Waals surface area contributed by atoms with E-state index in [1.54, 1.807) is 0 Å². The van der Waals surface area contributed by atoms with E-state index >= 15 is 0 Å². The largest absolute Gasteiger partial charge is 0.469 e. The molecule has 0 radical (unpaired) electrons. The highest BCUT2D eigenvalue weighted by Crippen LogP contribution is 2.35. The van der Waals surface area contributed by atoms with E-state index in [4.69, 9.17) is 19.3 Å². The van der Waals surface area contributed by atoms with Gasteiger partial charge in [0, 0.05) is 12.8 Å². The number of allylic oxidation sites excluding steroid dienone is 8. The predicted octanol–water partition coefficient (Wildman–Crippen LogP) is 10.4. The predicted molar refractivity (Wildman–Crippen MR) is 188 cm³/mol. The maximum absolute atomic E-state index is 12.3. The van der Waals surface area contributed by atoms with Crippen LogP contribution < -0.4 is 0 Å². The number of unbranched alkanes of at least 4 members (excludes halogenated alkanes) is 14. The van der Waals surface area contributed by atoms with E-state index in [1.807, 2.05) is 0 Å². The number of phosphoric acid groups is 1. The molecule has 0 fully saturated rings. The van der Waals surface area contributed by atoms with Gasteiger partial charge in [-0.15, -0.1) is 0 Å². The summed E-state index contributed by atoms with van der Waals surface area (Å²) in [6.07, 6.45) is 38.3. The molecule has 0 aliphatic carbocycles. The Kier molecular flexibility index (Phi) is 31.5. The molecular weight excluding hydrogens is 603 g/mol. The Morgan fingerprint density at radius 1 is 0.587 bits per heavy atom. The van der Waals surface area contributed by atoms with Gasteiger partial charge in [0.05, 0.1) is 6.61 Å². The van der Waals surface area contributed by atoms with Gasteiger partial charge in [-0.25, -0.2) is 4.57 Å². The summed E-state index contributed by atoms with van der Waals surface area (Å²) in [4.78, 5) is 42.6. The zero-order chi connectivity index (χ0) is 34.0. The molecule has 46 heavy (non-hydrogen) atoms. The van der Waals surface area contributed by atoms with Gasteiger partial charge >= 0.3 is 19.8 Å². The Morgan fingerprint density at radius 3 is 1.59 bits per heavy atom. The van der Waals surface area contributed by atoms with Crippen LogP contribution in [0, 0.1) is 0 Å². The monoisotopic (exact) mass is 668 g/mol. The lowest BCUT2D eigenvalue weighted by atomic mass is 10.1. The molecule has 0 amide bonds. The molecule has 0 heterocycles. The first kappa shape index (κ1) is 44.0. The third-order valence-corrected chi connectivity index (χ3v) is 7.82. The van der Waals surface area contributed by atoms with Gasteiger partial charge in [-0.3, -0.25) is 14.1 Å². The minimum absolute atomic E-state index is 0.189. The minimum Gasteiger partial charge on any atom is -0.462 e. The Balaban J connectivity index is 4.04. The maximum Gasteiger partial charge on any atom is 0.469 e. The van der Waals surface area contributed by atoms with Crippen LogP contribution in [-0.4, -0.2) is 41.0 Å². The van der Waals surface area contributed by atoms with E-state index in [9.17, 15) is 14.2 Å². The molecular formula is C37H65O8P. The number of rotatable bonds is 32. The van der Waals surface area contributed by atoms with Crippen LogP contribution in [0.5, 0.6) is 0 Å². The molecule has 266 valence electrons. The van der Waals surface area contributed by atoms with E-state index in [2.05, 4.69) is 67.0 Å². The highest BCUT2D eigenvalue weighted by atomic mass is 31.2. The fourth-order valence-electron chi connectivity index (χ4n) is 4.67. The van der Waals surface area contributed by atoms with Gasteiger partial charge in [-0.2, -0.15) is 0 Å². The lowest BCUT2D eigenvalue weighted by Crippen LogP contribution is -2.29. The van der Waals surface area contributed by atoms with Gasteiger partial charge in [0.25, 0.3) is 0 Å². The van der Waals surface area contributed by atoms with Crippen LogP contribution in [-0.2, 0) is 28.2 Å². The van der Waals surface area contributed by atoms with E-state index in [-0.39, 0.29) is 19.4 Å². The molecule has 0 saturated carbocycles. The summed E-state index contributed by atoms with van der Waals surface area (Å²) in [7, 11) is -4.75. The van der Waals surface area contributed by atoms with E-state index in [0.717, 1.165) is 83.5 Å². The summed E-state index contributed by atoms with van der Waals surface area (Å²) in [5.74, 6) is -0.919. The summed E-state index contributed by atoms with van der Waals surface area (Å²) in [6.45, 7) is 3.51. The number of ether oxygens (including phenoxy) is 2. The molecule has 8 nitrogen and oxygen atoms in total.